The lowest BCUT2D eigenvalue weighted by atomic mass is 9.91. The van der Waals surface area contributed by atoms with Gasteiger partial charge in [-0.05, 0) is 16.6 Å². The first kappa shape index (κ1) is 11.4. The minimum atomic E-state index is -0.978. The Morgan fingerprint density at radius 2 is 1.39 bits per heavy atom. The minimum Gasteiger partial charge on any atom is -0.285 e. The Morgan fingerprint density at radius 1 is 0.833 bits per heavy atom. The second-order valence-corrected chi connectivity index (χ2v) is 3.28. The van der Waals surface area contributed by atoms with Gasteiger partial charge in [0.25, 0.3) is 0 Å². The number of ketones is 2. The summed E-state index contributed by atoms with van der Waals surface area (Å²) in [6, 6.07) is 6.14. The highest BCUT2D eigenvalue weighted by molar-refractivity contribution is 6.52. The molecule has 0 saturated heterocycles. The second kappa shape index (κ2) is 4.42. The van der Waals surface area contributed by atoms with Crippen molar-refractivity contribution in [1.82, 2.24) is 0 Å². The van der Waals surface area contributed by atoms with E-state index in [2.05, 4.69) is 20.1 Å². The molecule has 0 fully saturated rings. The molecule has 0 spiro atoms. The Kier molecular flexibility index (Phi) is 2.80. The van der Waals surface area contributed by atoms with Crippen molar-refractivity contribution in [2.24, 2.45) is 10.2 Å². The molecule has 1 aliphatic rings. The zero-order chi connectivity index (χ0) is 13.1. The van der Waals surface area contributed by atoms with Crippen molar-refractivity contribution in [3.05, 3.63) is 62.0 Å². The van der Waals surface area contributed by atoms with E-state index in [-0.39, 0.29) is 16.8 Å². The molecule has 1 aliphatic carbocycles. The van der Waals surface area contributed by atoms with Gasteiger partial charge >= 0.3 is 0 Å². The Bertz CT molecular complexity index is 692. The smallest absolute Gasteiger partial charge is 0.236 e. The molecule has 0 unspecified atom stereocenters. The molecule has 0 aromatic heterocycles. The Hall–Kier alpha value is -3.08. The maximum atomic E-state index is 11.7. The van der Waals surface area contributed by atoms with Crippen LogP contribution < -0.4 is 0 Å². The van der Waals surface area contributed by atoms with Gasteiger partial charge in [0.1, 0.15) is 0 Å². The van der Waals surface area contributed by atoms with Gasteiger partial charge in [0.2, 0.25) is 11.6 Å². The van der Waals surface area contributed by atoms with Crippen LogP contribution in [-0.4, -0.2) is 11.6 Å². The third-order valence-electron chi connectivity index (χ3n) is 2.36. The summed E-state index contributed by atoms with van der Waals surface area (Å²) in [7, 11) is 0. The van der Waals surface area contributed by atoms with Crippen molar-refractivity contribution in [2.45, 2.75) is 0 Å². The maximum Gasteiger partial charge on any atom is 0.236 e. The van der Waals surface area contributed by atoms with E-state index in [4.69, 9.17) is 11.1 Å². The van der Waals surface area contributed by atoms with E-state index in [0.717, 1.165) is 0 Å². The number of azide groups is 2. The molecule has 0 heterocycles. The standard InChI is InChI=1S/C10H4N6O2/c11-15-13-7-5-3-1-2-4-6(5)9(17)10(18)8(7)14-16-12/h1-4H. The van der Waals surface area contributed by atoms with E-state index in [1.165, 1.54) is 12.1 Å². The molecular formula is C10H4N6O2. The summed E-state index contributed by atoms with van der Waals surface area (Å²) < 4.78 is 0. The average molecular weight is 240 g/mol. The number of carbonyl (C=O) groups excluding carboxylic acids is 2. The van der Waals surface area contributed by atoms with Crippen LogP contribution in [0.5, 0.6) is 0 Å². The minimum absolute atomic E-state index is 0.127. The van der Waals surface area contributed by atoms with Crippen molar-refractivity contribution in [3.63, 3.8) is 0 Å². The number of allylic oxidation sites excluding steroid dienone is 1. The summed E-state index contributed by atoms with van der Waals surface area (Å²) in [5.74, 6) is -1.77. The molecule has 8 nitrogen and oxygen atoms in total. The SMILES string of the molecule is [N-]=[N+]=NC1=C(N=[N+]=[N-])c2ccccc2C(=O)C1=O. The first-order chi connectivity index (χ1) is 8.70. The van der Waals surface area contributed by atoms with Gasteiger partial charge in [-0.25, -0.2) is 0 Å². The Labute approximate surface area is 99.8 Å². The van der Waals surface area contributed by atoms with Crippen LogP contribution in [0, 0.1) is 0 Å². The summed E-state index contributed by atoms with van der Waals surface area (Å²) >= 11 is 0. The van der Waals surface area contributed by atoms with Gasteiger partial charge in [-0.3, -0.25) is 9.59 Å². The van der Waals surface area contributed by atoms with E-state index in [1.807, 2.05) is 0 Å². The summed E-state index contributed by atoms with van der Waals surface area (Å²) in [4.78, 5) is 28.5. The number of carbonyl (C=O) groups is 2. The lowest BCUT2D eigenvalue weighted by Gasteiger charge is -2.15. The third-order valence-corrected chi connectivity index (χ3v) is 2.36. The molecule has 0 bridgehead atoms. The van der Waals surface area contributed by atoms with Crippen molar-refractivity contribution >= 4 is 17.3 Å². The van der Waals surface area contributed by atoms with E-state index in [9.17, 15) is 9.59 Å². The van der Waals surface area contributed by atoms with Crippen molar-refractivity contribution in [1.29, 1.82) is 0 Å². The molecule has 1 aromatic rings. The number of hydrogen-bond acceptors (Lipinski definition) is 4. The van der Waals surface area contributed by atoms with Gasteiger partial charge in [0.15, 0.2) is 0 Å². The average Bonchev–Trinajstić information content (AvgIpc) is 2.40. The topological polar surface area (TPSA) is 132 Å². The molecule has 0 N–H and O–H groups in total. The highest BCUT2D eigenvalue weighted by atomic mass is 16.2. The van der Waals surface area contributed by atoms with Crippen LogP contribution >= 0.6 is 0 Å². The van der Waals surface area contributed by atoms with Crippen LogP contribution in [0.15, 0.2) is 40.2 Å². The number of Topliss-reactive ketones (excluding diaryl/α,β-unsaturated/α-hetero) is 2. The third kappa shape index (κ3) is 1.60. The molecule has 18 heavy (non-hydrogen) atoms. The quantitative estimate of drug-likeness (QED) is 0.340. The van der Waals surface area contributed by atoms with Gasteiger partial charge in [-0.2, -0.15) is 0 Å². The number of rotatable bonds is 2. The fraction of sp³-hybridized carbons (Fsp3) is 0. The summed E-state index contributed by atoms with van der Waals surface area (Å²) in [5, 5.41) is 6.47. The zero-order valence-electron chi connectivity index (χ0n) is 8.81. The number of hydrogen-bond donors (Lipinski definition) is 0. The van der Waals surface area contributed by atoms with Crippen LogP contribution in [-0.2, 0) is 4.79 Å². The van der Waals surface area contributed by atoms with Gasteiger partial charge in [-0.15, -0.1) is 0 Å². The molecule has 0 radical (unpaired) electrons. The number of nitrogens with zero attached hydrogens (tertiary/aromatic N) is 6. The van der Waals surface area contributed by atoms with E-state index >= 15 is 0 Å². The van der Waals surface area contributed by atoms with E-state index in [1.54, 1.807) is 12.1 Å². The second-order valence-electron chi connectivity index (χ2n) is 3.28. The van der Waals surface area contributed by atoms with Crippen LogP contribution in [0.25, 0.3) is 26.6 Å². The van der Waals surface area contributed by atoms with Gasteiger partial charge in [-0.1, -0.05) is 34.5 Å². The molecule has 2 rings (SSSR count). The zero-order valence-corrected chi connectivity index (χ0v) is 8.81. The normalized spacial score (nSPS) is 13.6. The Balaban J connectivity index is 2.87. The lowest BCUT2D eigenvalue weighted by molar-refractivity contribution is -0.111. The van der Waals surface area contributed by atoms with Crippen LogP contribution in [0.3, 0.4) is 0 Å². The predicted molar refractivity (Wildman–Crippen MR) is 61.0 cm³/mol. The highest BCUT2D eigenvalue weighted by Gasteiger charge is 2.31. The van der Waals surface area contributed by atoms with Crippen LogP contribution in [0.4, 0.5) is 0 Å². The fourth-order valence-electron chi connectivity index (χ4n) is 1.64. The Morgan fingerprint density at radius 3 is 2.00 bits per heavy atom. The first-order valence-corrected chi connectivity index (χ1v) is 4.73. The summed E-state index contributed by atoms with van der Waals surface area (Å²) in [5.41, 5.74) is 16.7. The first-order valence-electron chi connectivity index (χ1n) is 4.73. The molecule has 8 heteroatoms. The van der Waals surface area contributed by atoms with Gasteiger partial charge in [0.05, 0.1) is 11.4 Å². The predicted octanol–water partition coefficient (Wildman–Crippen LogP) is 2.74. The highest BCUT2D eigenvalue weighted by Crippen LogP contribution is 2.31. The number of benzene rings is 1. The van der Waals surface area contributed by atoms with E-state index in [0.29, 0.717) is 0 Å². The monoisotopic (exact) mass is 240 g/mol. The van der Waals surface area contributed by atoms with E-state index < -0.39 is 17.3 Å². The van der Waals surface area contributed by atoms with Crippen molar-refractivity contribution in [2.75, 3.05) is 0 Å². The van der Waals surface area contributed by atoms with Gasteiger partial charge < -0.3 is 0 Å². The summed E-state index contributed by atoms with van der Waals surface area (Å²) in [6.45, 7) is 0. The molecule has 1 aromatic carbocycles. The fourth-order valence-corrected chi connectivity index (χ4v) is 1.64. The summed E-state index contributed by atoms with van der Waals surface area (Å²) in [6.07, 6.45) is 0. The largest absolute Gasteiger partial charge is 0.285 e. The molecule has 0 amide bonds. The molecule has 0 atom stereocenters. The maximum absolute atomic E-state index is 11.7. The van der Waals surface area contributed by atoms with Crippen molar-refractivity contribution < 1.29 is 9.59 Å². The van der Waals surface area contributed by atoms with Crippen LogP contribution in [0.1, 0.15) is 15.9 Å². The van der Waals surface area contributed by atoms with Gasteiger partial charge in [0, 0.05) is 15.4 Å². The number of fused-ring (bicyclic) bond motifs is 1. The van der Waals surface area contributed by atoms with Crippen molar-refractivity contribution in [3.8, 4) is 0 Å². The molecule has 0 saturated carbocycles. The molecule has 0 aliphatic heterocycles. The molecular weight excluding hydrogens is 236 g/mol. The lowest BCUT2D eigenvalue weighted by Crippen LogP contribution is -2.22. The molecule has 86 valence electrons. The van der Waals surface area contributed by atoms with Crippen LogP contribution in [0.2, 0.25) is 0 Å².